The number of aryl methyl sites for hydroxylation is 1. The van der Waals surface area contributed by atoms with Gasteiger partial charge in [-0.3, -0.25) is 4.57 Å². The van der Waals surface area contributed by atoms with Crippen LogP contribution in [0.15, 0.2) is 68.7 Å². The number of nitrogens with zero attached hydrogens (tertiary/aromatic N) is 3. The second-order valence-electron chi connectivity index (χ2n) is 8.40. The van der Waals surface area contributed by atoms with Gasteiger partial charge in [0.05, 0.1) is 23.5 Å². The molecule has 5 aromatic rings. The van der Waals surface area contributed by atoms with Crippen LogP contribution in [0.3, 0.4) is 0 Å². The van der Waals surface area contributed by atoms with E-state index in [4.69, 9.17) is 14.8 Å². The largest absolute Gasteiger partial charge is 0.493 e. The summed E-state index contributed by atoms with van der Waals surface area (Å²) >= 11 is 4.93. The van der Waals surface area contributed by atoms with E-state index in [9.17, 15) is 9.90 Å². The Hall–Kier alpha value is -3.67. The number of imidazole rings is 2. The number of H-pyrrole nitrogens is 2. The summed E-state index contributed by atoms with van der Waals surface area (Å²) in [4.78, 5) is 28.6. The fourth-order valence-electron chi connectivity index (χ4n) is 4.19. The Labute approximate surface area is 224 Å². The average Bonchev–Trinajstić information content (AvgIpc) is 3.62. The summed E-state index contributed by atoms with van der Waals surface area (Å²) in [5.74, 6) is 0.916. The summed E-state index contributed by atoms with van der Waals surface area (Å²) in [5.41, 5.74) is 5.52. The van der Waals surface area contributed by atoms with Crippen LogP contribution in [0.4, 0.5) is 0 Å². The van der Waals surface area contributed by atoms with Crippen molar-refractivity contribution in [2.45, 2.75) is 19.4 Å². The maximum absolute atomic E-state index is 13.2. The van der Waals surface area contributed by atoms with Gasteiger partial charge in [0, 0.05) is 33.1 Å². The molecule has 0 amide bonds. The van der Waals surface area contributed by atoms with E-state index in [0.29, 0.717) is 29.3 Å². The van der Waals surface area contributed by atoms with Crippen molar-refractivity contribution in [1.29, 1.82) is 0 Å². The van der Waals surface area contributed by atoms with Gasteiger partial charge in [-0.25, -0.2) is 14.8 Å². The Morgan fingerprint density at radius 1 is 1.11 bits per heavy atom. The molecule has 0 aliphatic carbocycles. The molecule has 2 aromatic carbocycles. The molecule has 0 unspecified atom stereocenters. The van der Waals surface area contributed by atoms with Crippen LogP contribution >= 0.6 is 27.3 Å². The topological polar surface area (TPSA) is 129 Å². The maximum Gasteiger partial charge on any atom is 0.329 e. The van der Waals surface area contributed by atoms with E-state index >= 15 is 0 Å². The number of aliphatic hydroxyl groups is 1. The van der Waals surface area contributed by atoms with Crippen molar-refractivity contribution >= 4 is 27.3 Å². The number of thiazole rings is 1. The Kier molecular flexibility index (Phi) is 7.26. The third kappa shape index (κ3) is 5.24. The molecule has 0 bridgehead atoms. The van der Waals surface area contributed by atoms with Gasteiger partial charge in [0.2, 0.25) is 5.88 Å². The minimum atomic E-state index is -0.630. The number of aromatic nitrogens is 5. The molecule has 9 nitrogen and oxygen atoms in total. The molecule has 0 saturated carbocycles. The highest BCUT2D eigenvalue weighted by molar-refractivity contribution is 9.10. The molecule has 0 radical (unpaired) electrons. The second kappa shape index (κ2) is 10.8. The molecule has 3 heterocycles. The van der Waals surface area contributed by atoms with Crippen molar-refractivity contribution in [1.82, 2.24) is 24.5 Å². The summed E-state index contributed by atoms with van der Waals surface area (Å²) in [5, 5.41) is 22.1. The highest BCUT2D eigenvalue weighted by Crippen LogP contribution is 2.33. The first-order chi connectivity index (χ1) is 17.9. The lowest BCUT2D eigenvalue weighted by molar-refractivity contribution is 0.201. The molecule has 0 aliphatic heterocycles. The van der Waals surface area contributed by atoms with Gasteiger partial charge in [-0.15, -0.1) is 11.3 Å². The molecule has 190 valence electrons. The van der Waals surface area contributed by atoms with Gasteiger partial charge in [0.15, 0.2) is 0 Å². The van der Waals surface area contributed by atoms with Crippen molar-refractivity contribution in [3.63, 3.8) is 0 Å². The van der Waals surface area contributed by atoms with Gasteiger partial charge in [0.25, 0.3) is 0 Å². The standard InChI is InChI=1S/C26H24BrN5O4S/c1-15-22(16-2-6-18(27)7-3-16)30-24(29-15)21(12-19-13-37-14-28-19)32-25(34)23(31-26(32)35)17-4-8-20(9-5-17)36-11-10-33/h2-9,13-14,21,33-34H,10-12H2,1H3,(H,29,30)(H,31,35)/t21-/m0/s1. The number of ether oxygens (including phenoxy) is 1. The van der Waals surface area contributed by atoms with Crippen LogP contribution < -0.4 is 10.4 Å². The minimum Gasteiger partial charge on any atom is -0.493 e. The fraction of sp³-hybridized carbons (Fsp3) is 0.192. The molecule has 37 heavy (non-hydrogen) atoms. The van der Waals surface area contributed by atoms with Crippen molar-refractivity contribution in [3.8, 4) is 34.1 Å². The van der Waals surface area contributed by atoms with Crippen molar-refractivity contribution in [3.05, 3.63) is 91.6 Å². The Bertz CT molecular complexity index is 1540. The molecule has 4 N–H and O–H groups in total. The van der Waals surface area contributed by atoms with E-state index in [1.54, 1.807) is 29.8 Å². The third-order valence-corrected chi connectivity index (χ3v) is 7.10. The predicted molar refractivity (Wildman–Crippen MR) is 145 cm³/mol. The number of benzene rings is 2. The van der Waals surface area contributed by atoms with Gasteiger partial charge in [-0.05, 0) is 43.3 Å². The summed E-state index contributed by atoms with van der Waals surface area (Å²) in [6.45, 7) is 2.02. The Morgan fingerprint density at radius 3 is 2.51 bits per heavy atom. The third-order valence-electron chi connectivity index (χ3n) is 5.94. The number of rotatable bonds is 9. The first kappa shape index (κ1) is 25.0. The zero-order valence-electron chi connectivity index (χ0n) is 19.8. The smallest absolute Gasteiger partial charge is 0.329 e. The normalized spacial score (nSPS) is 12.1. The summed E-state index contributed by atoms with van der Waals surface area (Å²) in [6.07, 6.45) is 0.356. The van der Waals surface area contributed by atoms with Gasteiger partial charge >= 0.3 is 5.69 Å². The SMILES string of the molecule is Cc1[nH]c([C@H](Cc2cscn2)n2c(O)c(-c3ccc(OCCO)cc3)[nH]c2=O)nc1-c1ccc(Br)cc1. The molecule has 0 spiro atoms. The van der Waals surface area contributed by atoms with Crippen LogP contribution in [0.5, 0.6) is 11.6 Å². The highest BCUT2D eigenvalue weighted by Gasteiger charge is 2.27. The van der Waals surface area contributed by atoms with E-state index in [1.165, 1.54) is 15.9 Å². The number of aromatic hydroxyl groups is 1. The van der Waals surface area contributed by atoms with Crippen LogP contribution in [0.25, 0.3) is 22.5 Å². The minimum absolute atomic E-state index is 0.0884. The second-order valence-corrected chi connectivity index (χ2v) is 10.0. The monoisotopic (exact) mass is 581 g/mol. The molecule has 3 aromatic heterocycles. The molecule has 1 atom stereocenters. The van der Waals surface area contributed by atoms with Gasteiger partial charge in [0.1, 0.15) is 29.9 Å². The number of aliphatic hydroxyl groups excluding tert-OH is 1. The molecular weight excluding hydrogens is 558 g/mol. The predicted octanol–water partition coefficient (Wildman–Crippen LogP) is 4.67. The van der Waals surface area contributed by atoms with E-state index in [1.807, 2.05) is 36.6 Å². The van der Waals surface area contributed by atoms with Crippen molar-refractivity contribution < 1.29 is 14.9 Å². The van der Waals surface area contributed by atoms with Gasteiger partial charge in [-0.2, -0.15) is 0 Å². The number of halogens is 1. The molecule has 11 heteroatoms. The Morgan fingerprint density at radius 2 is 1.84 bits per heavy atom. The number of hydrogen-bond donors (Lipinski definition) is 4. The van der Waals surface area contributed by atoms with Crippen molar-refractivity contribution in [2.24, 2.45) is 0 Å². The number of aromatic amines is 2. The first-order valence-electron chi connectivity index (χ1n) is 11.5. The highest BCUT2D eigenvalue weighted by atomic mass is 79.9. The van der Waals surface area contributed by atoms with Crippen LogP contribution in [-0.4, -0.2) is 47.9 Å². The van der Waals surface area contributed by atoms with Crippen LogP contribution in [0.1, 0.15) is 23.3 Å². The summed E-state index contributed by atoms with van der Waals surface area (Å²) in [7, 11) is 0. The number of nitrogens with one attached hydrogen (secondary N) is 2. The molecule has 0 aliphatic rings. The van der Waals surface area contributed by atoms with Crippen LogP contribution in [-0.2, 0) is 6.42 Å². The zero-order chi connectivity index (χ0) is 25.9. The summed E-state index contributed by atoms with van der Waals surface area (Å²) < 4.78 is 7.69. The molecule has 0 fully saturated rings. The first-order valence-corrected chi connectivity index (χ1v) is 13.2. The van der Waals surface area contributed by atoms with E-state index < -0.39 is 11.7 Å². The van der Waals surface area contributed by atoms with Gasteiger partial charge < -0.3 is 24.9 Å². The number of hydrogen-bond acceptors (Lipinski definition) is 7. The lowest BCUT2D eigenvalue weighted by atomic mass is 10.1. The van der Waals surface area contributed by atoms with Crippen molar-refractivity contribution in [2.75, 3.05) is 13.2 Å². The Balaban J connectivity index is 1.56. The van der Waals surface area contributed by atoms with Crippen LogP contribution in [0, 0.1) is 6.92 Å². The van der Waals surface area contributed by atoms with E-state index in [0.717, 1.165) is 27.1 Å². The lowest BCUT2D eigenvalue weighted by Gasteiger charge is -2.16. The molecular formula is C26H24BrN5O4S. The van der Waals surface area contributed by atoms with E-state index in [-0.39, 0.29) is 19.1 Å². The lowest BCUT2D eigenvalue weighted by Crippen LogP contribution is -2.25. The van der Waals surface area contributed by atoms with Crippen LogP contribution in [0.2, 0.25) is 0 Å². The fourth-order valence-corrected chi connectivity index (χ4v) is 5.02. The average molecular weight is 582 g/mol. The van der Waals surface area contributed by atoms with Gasteiger partial charge in [-0.1, -0.05) is 28.1 Å². The zero-order valence-corrected chi connectivity index (χ0v) is 22.2. The maximum atomic E-state index is 13.2. The molecule has 5 rings (SSSR count). The summed E-state index contributed by atoms with van der Waals surface area (Å²) in [6, 6.07) is 14.1. The van der Waals surface area contributed by atoms with E-state index in [2.05, 4.69) is 30.9 Å². The molecule has 0 saturated heterocycles. The quantitative estimate of drug-likeness (QED) is 0.200.